The van der Waals surface area contributed by atoms with Gasteiger partial charge in [-0.25, -0.2) is 0 Å². The fourth-order valence-corrected chi connectivity index (χ4v) is 1.24. The lowest BCUT2D eigenvalue weighted by molar-refractivity contribution is -0.119. The number of carbonyl (C=O) groups is 2. The van der Waals surface area contributed by atoms with Crippen LogP contribution in [0.4, 0.5) is 0 Å². The van der Waals surface area contributed by atoms with Crippen LogP contribution in [0.2, 0.25) is 0 Å². The van der Waals surface area contributed by atoms with Crippen molar-refractivity contribution in [1.29, 1.82) is 0 Å². The third-order valence-corrected chi connectivity index (χ3v) is 2.28. The average molecular weight is 236 g/mol. The molecule has 0 unspecified atom stereocenters. The van der Waals surface area contributed by atoms with Gasteiger partial charge in [0, 0.05) is 19.2 Å². The van der Waals surface area contributed by atoms with E-state index in [-0.39, 0.29) is 12.5 Å². The molecule has 0 saturated heterocycles. The fourth-order valence-electron chi connectivity index (χ4n) is 1.24. The van der Waals surface area contributed by atoms with Crippen molar-refractivity contribution in [2.45, 2.75) is 6.92 Å². The zero-order chi connectivity index (χ0) is 12.8. The zero-order valence-electron chi connectivity index (χ0n) is 9.97. The van der Waals surface area contributed by atoms with Crippen LogP contribution in [-0.2, 0) is 4.79 Å². The smallest absolute Gasteiger partial charge is 0.255 e. The molecule has 1 rings (SSSR count). The number of hydrogen-bond acceptors (Lipinski definition) is 3. The first-order valence-electron chi connectivity index (χ1n) is 5.31. The van der Waals surface area contributed by atoms with Crippen LogP contribution < -0.4 is 10.5 Å². The predicted molar refractivity (Wildman–Crippen MR) is 63.8 cm³/mol. The highest BCUT2D eigenvalue weighted by Crippen LogP contribution is 2.14. The molecule has 5 nitrogen and oxygen atoms in total. The molecule has 0 bridgehead atoms. The van der Waals surface area contributed by atoms with Gasteiger partial charge in [0.15, 0.2) is 6.61 Å². The summed E-state index contributed by atoms with van der Waals surface area (Å²) in [4.78, 5) is 24.0. The molecule has 0 saturated carbocycles. The topological polar surface area (TPSA) is 72.6 Å². The summed E-state index contributed by atoms with van der Waals surface area (Å²) in [5, 5.41) is 0. The molecule has 0 aliphatic rings. The van der Waals surface area contributed by atoms with Crippen molar-refractivity contribution < 1.29 is 14.3 Å². The van der Waals surface area contributed by atoms with Gasteiger partial charge in [0.25, 0.3) is 11.8 Å². The Morgan fingerprint density at radius 3 is 2.71 bits per heavy atom. The van der Waals surface area contributed by atoms with Crippen molar-refractivity contribution in [2.24, 2.45) is 5.73 Å². The van der Waals surface area contributed by atoms with E-state index in [1.54, 1.807) is 36.2 Å². The molecular formula is C12H16N2O3. The minimum absolute atomic E-state index is 0.0861. The normalized spacial score (nSPS) is 9.76. The number of nitrogens with zero attached hydrogens (tertiary/aromatic N) is 1. The quantitative estimate of drug-likeness (QED) is 0.815. The molecule has 0 heterocycles. The van der Waals surface area contributed by atoms with Gasteiger partial charge in [0.05, 0.1) is 0 Å². The number of nitrogens with two attached hydrogens (primary N) is 1. The molecule has 5 heteroatoms. The number of amides is 2. The van der Waals surface area contributed by atoms with Crippen LogP contribution in [0.1, 0.15) is 17.3 Å². The van der Waals surface area contributed by atoms with Crippen LogP contribution in [0.15, 0.2) is 24.3 Å². The Morgan fingerprint density at radius 2 is 2.12 bits per heavy atom. The van der Waals surface area contributed by atoms with Crippen LogP contribution in [0.5, 0.6) is 5.75 Å². The number of primary amides is 1. The summed E-state index contributed by atoms with van der Waals surface area (Å²) >= 11 is 0. The molecule has 2 amide bonds. The third kappa shape index (κ3) is 3.79. The van der Waals surface area contributed by atoms with E-state index in [1.165, 1.54) is 0 Å². The summed E-state index contributed by atoms with van der Waals surface area (Å²) in [5.41, 5.74) is 5.49. The Bertz CT molecular complexity index is 418. The average Bonchev–Trinajstić information content (AvgIpc) is 2.34. The first kappa shape index (κ1) is 13.0. The highest BCUT2D eigenvalue weighted by molar-refractivity contribution is 5.94. The SMILES string of the molecule is CCN(C)C(=O)c1cccc(OCC(N)=O)c1. The van der Waals surface area contributed by atoms with Crippen molar-refractivity contribution in [3.63, 3.8) is 0 Å². The van der Waals surface area contributed by atoms with Gasteiger partial charge in [0.2, 0.25) is 0 Å². The number of benzene rings is 1. The Hall–Kier alpha value is -2.04. The van der Waals surface area contributed by atoms with E-state index in [1.807, 2.05) is 6.92 Å². The summed E-state index contributed by atoms with van der Waals surface area (Å²) in [6, 6.07) is 6.67. The van der Waals surface area contributed by atoms with Crippen LogP contribution in [0, 0.1) is 0 Å². The Kier molecular flexibility index (Phi) is 4.51. The first-order valence-corrected chi connectivity index (χ1v) is 5.31. The molecule has 17 heavy (non-hydrogen) atoms. The van der Waals surface area contributed by atoms with E-state index in [0.29, 0.717) is 17.9 Å². The lowest BCUT2D eigenvalue weighted by Gasteiger charge is -2.14. The highest BCUT2D eigenvalue weighted by Gasteiger charge is 2.10. The molecular weight excluding hydrogens is 220 g/mol. The van der Waals surface area contributed by atoms with E-state index in [9.17, 15) is 9.59 Å². The number of carbonyl (C=O) groups excluding carboxylic acids is 2. The minimum atomic E-state index is -0.549. The molecule has 1 aromatic carbocycles. The van der Waals surface area contributed by atoms with Crippen LogP contribution in [0.3, 0.4) is 0 Å². The second-order valence-corrected chi connectivity index (χ2v) is 3.60. The molecule has 2 N–H and O–H groups in total. The molecule has 0 aromatic heterocycles. The summed E-state index contributed by atoms with van der Waals surface area (Å²) in [6.45, 7) is 2.33. The fraction of sp³-hybridized carbons (Fsp3) is 0.333. The minimum Gasteiger partial charge on any atom is -0.484 e. The molecule has 0 radical (unpaired) electrons. The van der Waals surface area contributed by atoms with Gasteiger partial charge in [-0.2, -0.15) is 0 Å². The molecule has 0 spiro atoms. The van der Waals surface area contributed by atoms with Crippen molar-refractivity contribution in [1.82, 2.24) is 4.90 Å². The monoisotopic (exact) mass is 236 g/mol. The molecule has 1 aromatic rings. The number of hydrogen-bond donors (Lipinski definition) is 1. The van der Waals surface area contributed by atoms with Gasteiger partial charge >= 0.3 is 0 Å². The van der Waals surface area contributed by atoms with Crippen molar-refractivity contribution in [3.8, 4) is 5.75 Å². The number of rotatable bonds is 5. The maximum atomic E-state index is 11.8. The highest BCUT2D eigenvalue weighted by atomic mass is 16.5. The zero-order valence-corrected chi connectivity index (χ0v) is 9.97. The van der Waals surface area contributed by atoms with Gasteiger partial charge in [-0.05, 0) is 25.1 Å². The van der Waals surface area contributed by atoms with Gasteiger partial charge in [-0.15, -0.1) is 0 Å². The summed E-state index contributed by atoms with van der Waals surface area (Å²) in [7, 11) is 1.72. The van der Waals surface area contributed by atoms with Gasteiger partial charge in [0.1, 0.15) is 5.75 Å². The Balaban J connectivity index is 2.78. The van der Waals surface area contributed by atoms with E-state index in [4.69, 9.17) is 10.5 Å². The van der Waals surface area contributed by atoms with Crippen LogP contribution >= 0.6 is 0 Å². The van der Waals surface area contributed by atoms with Crippen molar-refractivity contribution in [2.75, 3.05) is 20.2 Å². The van der Waals surface area contributed by atoms with Crippen molar-refractivity contribution in [3.05, 3.63) is 29.8 Å². The number of ether oxygens (including phenoxy) is 1. The molecule has 0 fully saturated rings. The van der Waals surface area contributed by atoms with Crippen LogP contribution in [0.25, 0.3) is 0 Å². The maximum absolute atomic E-state index is 11.8. The van der Waals surface area contributed by atoms with Gasteiger partial charge < -0.3 is 15.4 Å². The first-order chi connectivity index (χ1) is 8.04. The van der Waals surface area contributed by atoms with E-state index in [2.05, 4.69) is 0 Å². The second-order valence-electron chi connectivity index (χ2n) is 3.60. The Morgan fingerprint density at radius 1 is 1.41 bits per heavy atom. The van der Waals surface area contributed by atoms with Crippen LogP contribution in [-0.4, -0.2) is 36.9 Å². The predicted octanol–water partition coefficient (Wildman–Crippen LogP) is 0.643. The van der Waals surface area contributed by atoms with Gasteiger partial charge in [-0.3, -0.25) is 9.59 Å². The maximum Gasteiger partial charge on any atom is 0.255 e. The largest absolute Gasteiger partial charge is 0.484 e. The van der Waals surface area contributed by atoms with Gasteiger partial charge in [-0.1, -0.05) is 6.07 Å². The lowest BCUT2D eigenvalue weighted by Crippen LogP contribution is -2.26. The molecule has 0 atom stereocenters. The van der Waals surface area contributed by atoms with E-state index < -0.39 is 5.91 Å². The molecule has 0 aliphatic heterocycles. The van der Waals surface area contributed by atoms with Crippen molar-refractivity contribution >= 4 is 11.8 Å². The lowest BCUT2D eigenvalue weighted by atomic mass is 10.2. The summed E-state index contributed by atoms with van der Waals surface area (Å²) in [6.07, 6.45) is 0. The molecule has 0 aliphatic carbocycles. The van der Waals surface area contributed by atoms with E-state index >= 15 is 0 Å². The molecule has 92 valence electrons. The third-order valence-electron chi connectivity index (χ3n) is 2.28. The standard InChI is InChI=1S/C12H16N2O3/c1-3-14(2)12(16)9-5-4-6-10(7-9)17-8-11(13)15/h4-7H,3,8H2,1-2H3,(H2,13,15). The Labute approximate surface area is 100 Å². The summed E-state index contributed by atoms with van der Waals surface area (Å²) in [5.74, 6) is -0.177. The second kappa shape index (κ2) is 5.89. The summed E-state index contributed by atoms with van der Waals surface area (Å²) < 4.78 is 5.13. The van der Waals surface area contributed by atoms with E-state index in [0.717, 1.165) is 0 Å².